The van der Waals surface area contributed by atoms with E-state index >= 15 is 0 Å². The molecule has 1 aromatic heterocycles. The van der Waals surface area contributed by atoms with Gasteiger partial charge < -0.3 is 19.9 Å². The summed E-state index contributed by atoms with van der Waals surface area (Å²) in [5.74, 6) is 1.12. The second kappa shape index (κ2) is 11.5. The van der Waals surface area contributed by atoms with Gasteiger partial charge in [0.05, 0.1) is 13.2 Å². The van der Waals surface area contributed by atoms with E-state index in [4.69, 9.17) is 9.26 Å². The number of carbonyl (C=O) groups excluding carboxylic acids is 2. The Labute approximate surface area is 181 Å². The number of rotatable bonds is 11. The number of aromatic nitrogens is 2. The van der Waals surface area contributed by atoms with Crippen molar-refractivity contribution in [3.05, 3.63) is 66.1 Å². The Hall–Kier alpha value is -3.68. The predicted octanol–water partition coefficient (Wildman–Crippen LogP) is 2.54. The fourth-order valence-corrected chi connectivity index (χ4v) is 2.88. The summed E-state index contributed by atoms with van der Waals surface area (Å²) >= 11 is 0. The van der Waals surface area contributed by atoms with E-state index in [1.54, 1.807) is 0 Å². The van der Waals surface area contributed by atoms with Gasteiger partial charge in [-0.05, 0) is 43.2 Å². The smallest absolute Gasteiger partial charge is 0.239 e. The molecule has 0 aliphatic carbocycles. The van der Waals surface area contributed by atoms with E-state index < -0.39 is 0 Å². The van der Waals surface area contributed by atoms with Crippen molar-refractivity contribution in [1.82, 2.24) is 20.8 Å². The maximum absolute atomic E-state index is 12.0. The van der Waals surface area contributed by atoms with Crippen molar-refractivity contribution in [2.45, 2.75) is 26.2 Å². The number of amides is 2. The van der Waals surface area contributed by atoms with Gasteiger partial charge in [0, 0.05) is 24.9 Å². The zero-order valence-electron chi connectivity index (χ0n) is 17.5. The van der Waals surface area contributed by atoms with Crippen LogP contribution in [0.3, 0.4) is 0 Å². The van der Waals surface area contributed by atoms with Gasteiger partial charge in [0.15, 0.2) is 0 Å². The molecule has 0 atom stereocenters. The van der Waals surface area contributed by atoms with Crippen molar-refractivity contribution in [2.75, 3.05) is 19.7 Å². The molecule has 0 spiro atoms. The van der Waals surface area contributed by atoms with E-state index in [0.29, 0.717) is 31.3 Å². The van der Waals surface area contributed by atoms with Gasteiger partial charge in [-0.2, -0.15) is 4.98 Å². The van der Waals surface area contributed by atoms with Crippen LogP contribution < -0.4 is 15.4 Å². The predicted molar refractivity (Wildman–Crippen MR) is 115 cm³/mol. The van der Waals surface area contributed by atoms with Crippen molar-refractivity contribution in [2.24, 2.45) is 0 Å². The molecule has 0 unspecified atom stereocenters. The number of carbonyl (C=O) groups is 2. The van der Waals surface area contributed by atoms with E-state index in [0.717, 1.165) is 23.3 Å². The van der Waals surface area contributed by atoms with Crippen molar-refractivity contribution in [3.8, 4) is 17.1 Å². The fraction of sp³-hybridized carbons (Fsp3) is 0.304. The Morgan fingerprint density at radius 1 is 0.968 bits per heavy atom. The Bertz CT molecular complexity index is 971. The van der Waals surface area contributed by atoms with Crippen molar-refractivity contribution < 1.29 is 18.8 Å². The van der Waals surface area contributed by atoms with Crippen LogP contribution in [-0.2, 0) is 22.4 Å². The molecule has 0 saturated carbocycles. The van der Waals surface area contributed by atoms with Gasteiger partial charge in [0.2, 0.25) is 23.5 Å². The molecule has 162 valence electrons. The van der Waals surface area contributed by atoms with Gasteiger partial charge in [-0.15, -0.1) is 0 Å². The summed E-state index contributed by atoms with van der Waals surface area (Å²) in [6.45, 7) is 2.99. The minimum Gasteiger partial charge on any atom is -0.494 e. The number of nitrogens with one attached hydrogen (secondary N) is 2. The Balaban J connectivity index is 1.35. The molecule has 8 heteroatoms. The first kappa shape index (κ1) is 22.0. The summed E-state index contributed by atoms with van der Waals surface area (Å²) in [5.41, 5.74) is 1.95. The standard InChI is InChI=1S/C23H26N4O4/c1-2-30-19-10-8-18(9-11-19)23-26-22(31-27-23)13-12-20(28)25-16-21(29)24-15-14-17-6-4-3-5-7-17/h3-11H,2,12-16H2,1H3,(H,24,29)(H,25,28). The van der Waals surface area contributed by atoms with Crippen molar-refractivity contribution >= 4 is 11.8 Å². The van der Waals surface area contributed by atoms with Gasteiger partial charge in [0.1, 0.15) is 5.75 Å². The Morgan fingerprint density at radius 3 is 2.48 bits per heavy atom. The lowest BCUT2D eigenvalue weighted by Gasteiger charge is -2.06. The van der Waals surface area contributed by atoms with Gasteiger partial charge in [-0.3, -0.25) is 9.59 Å². The molecule has 3 aromatic rings. The Morgan fingerprint density at radius 2 is 1.74 bits per heavy atom. The SMILES string of the molecule is CCOc1ccc(-c2noc(CCC(=O)NCC(=O)NCCc3ccccc3)n2)cc1. The molecule has 0 fully saturated rings. The average molecular weight is 422 g/mol. The highest BCUT2D eigenvalue weighted by Crippen LogP contribution is 2.20. The van der Waals surface area contributed by atoms with Crippen molar-refractivity contribution in [3.63, 3.8) is 0 Å². The van der Waals surface area contributed by atoms with Crippen molar-refractivity contribution in [1.29, 1.82) is 0 Å². The lowest BCUT2D eigenvalue weighted by Crippen LogP contribution is -2.37. The lowest BCUT2D eigenvalue weighted by molar-refractivity contribution is -0.126. The number of ether oxygens (including phenoxy) is 1. The summed E-state index contributed by atoms with van der Waals surface area (Å²) in [5, 5.41) is 9.34. The molecule has 31 heavy (non-hydrogen) atoms. The van der Waals surface area contributed by atoms with E-state index in [9.17, 15) is 9.59 Å². The molecular weight excluding hydrogens is 396 g/mol. The van der Waals surface area contributed by atoms with E-state index in [2.05, 4.69) is 20.8 Å². The number of hydrogen-bond donors (Lipinski definition) is 2. The third-order valence-corrected chi connectivity index (χ3v) is 4.48. The van der Waals surface area contributed by atoms with E-state index in [-0.39, 0.29) is 24.8 Å². The summed E-state index contributed by atoms with van der Waals surface area (Å²) in [4.78, 5) is 28.2. The van der Waals surface area contributed by atoms with Gasteiger partial charge >= 0.3 is 0 Å². The monoisotopic (exact) mass is 422 g/mol. The number of aryl methyl sites for hydroxylation is 1. The maximum atomic E-state index is 12.0. The number of benzene rings is 2. The van der Waals surface area contributed by atoms with Crippen LogP contribution in [0.1, 0.15) is 24.8 Å². The van der Waals surface area contributed by atoms with Crippen LogP contribution in [0.15, 0.2) is 59.1 Å². The first-order valence-electron chi connectivity index (χ1n) is 10.3. The van der Waals surface area contributed by atoms with Gasteiger partial charge in [-0.1, -0.05) is 35.5 Å². The Kier molecular flexibility index (Phi) is 8.16. The first-order chi connectivity index (χ1) is 15.1. The molecule has 0 bridgehead atoms. The quantitative estimate of drug-likeness (QED) is 0.492. The largest absolute Gasteiger partial charge is 0.494 e. The van der Waals surface area contributed by atoms with Crippen LogP contribution >= 0.6 is 0 Å². The third-order valence-electron chi connectivity index (χ3n) is 4.48. The number of nitrogens with zero attached hydrogens (tertiary/aromatic N) is 2. The van der Waals surface area contributed by atoms with Crippen LogP contribution in [0.5, 0.6) is 5.75 Å². The molecule has 8 nitrogen and oxygen atoms in total. The highest BCUT2D eigenvalue weighted by atomic mass is 16.5. The third kappa shape index (κ3) is 7.26. The highest BCUT2D eigenvalue weighted by molar-refractivity contribution is 5.84. The van der Waals surface area contributed by atoms with Gasteiger partial charge in [0.25, 0.3) is 0 Å². The first-order valence-corrected chi connectivity index (χ1v) is 10.3. The molecular formula is C23H26N4O4. The van der Waals surface area contributed by atoms with Gasteiger partial charge in [-0.25, -0.2) is 0 Å². The average Bonchev–Trinajstić information content (AvgIpc) is 3.27. The molecule has 2 amide bonds. The van der Waals surface area contributed by atoms with Crippen LogP contribution in [0.2, 0.25) is 0 Å². The molecule has 0 aliphatic rings. The van der Waals surface area contributed by atoms with Crippen LogP contribution in [-0.4, -0.2) is 41.7 Å². The molecule has 0 aliphatic heterocycles. The molecule has 3 rings (SSSR count). The molecule has 2 aromatic carbocycles. The molecule has 0 saturated heterocycles. The highest BCUT2D eigenvalue weighted by Gasteiger charge is 2.12. The zero-order chi connectivity index (χ0) is 21.9. The molecule has 2 N–H and O–H groups in total. The molecule has 0 radical (unpaired) electrons. The summed E-state index contributed by atoms with van der Waals surface area (Å²) in [6.07, 6.45) is 1.20. The minimum absolute atomic E-state index is 0.0606. The van der Waals surface area contributed by atoms with Crippen LogP contribution in [0.4, 0.5) is 0 Å². The normalized spacial score (nSPS) is 10.5. The lowest BCUT2D eigenvalue weighted by atomic mass is 10.1. The minimum atomic E-state index is -0.251. The number of hydrogen-bond acceptors (Lipinski definition) is 6. The van der Waals surface area contributed by atoms with E-state index in [1.807, 2.05) is 61.5 Å². The summed E-state index contributed by atoms with van der Waals surface area (Å²) in [6, 6.07) is 17.3. The molecule has 1 heterocycles. The summed E-state index contributed by atoms with van der Waals surface area (Å²) in [7, 11) is 0. The van der Waals surface area contributed by atoms with Crippen LogP contribution in [0, 0.1) is 0 Å². The fourth-order valence-electron chi connectivity index (χ4n) is 2.88. The maximum Gasteiger partial charge on any atom is 0.239 e. The second-order valence-corrected chi connectivity index (χ2v) is 6.83. The zero-order valence-corrected chi connectivity index (χ0v) is 17.5. The topological polar surface area (TPSA) is 106 Å². The summed E-state index contributed by atoms with van der Waals surface area (Å²) < 4.78 is 10.6. The van der Waals surface area contributed by atoms with E-state index in [1.165, 1.54) is 0 Å². The van der Waals surface area contributed by atoms with Crippen LogP contribution in [0.25, 0.3) is 11.4 Å². The second-order valence-electron chi connectivity index (χ2n) is 6.83.